The number of carbonyl (C=O) groups excluding carboxylic acids is 2. The normalized spacial score (nSPS) is 20.4. The zero-order valence-electron chi connectivity index (χ0n) is 18.2. The minimum atomic E-state index is 0.00748. The van der Waals surface area contributed by atoms with Crippen LogP contribution in [0.5, 0.6) is 0 Å². The molecule has 2 heterocycles. The van der Waals surface area contributed by atoms with Crippen LogP contribution in [0.15, 0.2) is 18.2 Å². The summed E-state index contributed by atoms with van der Waals surface area (Å²) < 4.78 is 0. The summed E-state index contributed by atoms with van der Waals surface area (Å²) in [6, 6.07) is 6.37. The first kappa shape index (κ1) is 20.5. The van der Waals surface area contributed by atoms with Gasteiger partial charge in [0.05, 0.1) is 5.69 Å². The highest BCUT2D eigenvalue weighted by atomic mass is 32.1. The van der Waals surface area contributed by atoms with Crippen molar-refractivity contribution in [3.63, 3.8) is 0 Å². The number of nitrogens with one attached hydrogen (secondary N) is 1. The summed E-state index contributed by atoms with van der Waals surface area (Å²) in [6.45, 7) is 5.12. The number of hydrogen-bond donors (Lipinski definition) is 1. The number of carbonyl (C=O) groups is 2. The minimum Gasteiger partial charge on any atom is -0.345 e. The molecule has 1 aromatic carbocycles. The van der Waals surface area contributed by atoms with Crippen LogP contribution in [0.2, 0.25) is 0 Å². The fourth-order valence-corrected chi connectivity index (χ4v) is 6.22. The van der Waals surface area contributed by atoms with E-state index < -0.39 is 0 Å². The predicted octanol–water partition coefficient (Wildman–Crippen LogP) is 3.43. The number of rotatable bonds is 4. The molecule has 0 saturated carbocycles. The number of aromatic nitrogens is 1. The summed E-state index contributed by atoms with van der Waals surface area (Å²) in [7, 11) is 0. The van der Waals surface area contributed by atoms with Gasteiger partial charge in [-0.15, -0.1) is 11.3 Å². The number of aryl methyl sites for hydroxylation is 3. The zero-order chi connectivity index (χ0) is 21.4. The van der Waals surface area contributed by atoms with Crippen molar-refractivity contribution in [3.8, 4) is 0 Å². The molecule has 1 saturated heterocycles. The molecule has 5 rings (SSSR count). The number of fused-ring (bicyclic) bond motifs is 2. The third-order valence-corrected chi connectivity index (χ3v) is 8.05. The van der Waals surface area contributed by atoms with Gasteiger partial charge in [0.2, 0.25) is 11.8 Å². The van der Waals surface area contributed by atoms with Crippen molar-refractivity contribution in [3.05, 3.63) is 39.9 Å². The molecule has 0 radical (unpaired) electrons. The quantitative estimate of drug-likeness (QED) is 0.794. The SMILES string of the molecule is CCC(=O)N1CCN(c2nc3c(s2)CC(C(=O)Nc2ccc4c(c2)CCC4)CC3)CC1. The van der Waals surface area contributed by atoms with E-state index in [4.69, 9.17) is 4.98 Å². The molecule has 1 aliphatic heterocycles. The maximum absolute atomic E-state index is 12.9. The molecule has 1 fully saturated rings. The van der Waals surface area contributed by atoms with E-state index in [2.05, 4.69) is 22.3 Å². The van der Waals surface area contributed by atoms with E-state index in [0.29, 0.717) is 6.42 Å². The van der Waals surface area contributed by atoms with Crippen molar-refractivity contribution in [1.29, 1.82) is 0 Å². The van der Waals surface area contributed by atoms with E-state index in [-0.39, 0.29) is 17.7 Å². The van der Waals surface area contributed by atoms with Crippen LogP contribution < -0.4 is 10.2 Å². The molecular formula is C24H30N4O2S. The molecule has 2 amide bonds. The number of thiazole rings is 1. The van der Waals surface area contributed by atoms with Crippen molar-refractivity contribution in [2.45, 2.75) is 51.9 Å². The van der Waals surface area contributed by atoms with Gasteiger partial charge in [0.1, 0.15) is 0 Å². The van der Waals surface area contributed by atoms with Crippen LogP contribution in [0.4, 0.5) is 10.8 Å². The van der Waals surface area contributed by atoms with Crippen LogP contribution in [-0.2, 0) is 35.3 Å². The molecule has 6 nitrogen and oxygen atoms in total. The minimum absolute atomic E-state index is 0.00748. The van der Waals surface area contributed by atoms with Gasteiger partial charge < -0.3 is 15.1 Å². The maximum atomic E-state index is 12.9. The number of hydrogen-bond acceptors (Lipinski definition) is 5. The summed E-state index contributed by atoms with van der Waals surface area (Å²) in [5.41, 5.74) is 4.91. The fraction of sp³-hybridized carbons (Fsp3) is 0.542. The Morgan fingerprint density at radius 3 is 2.74 bits per heavy atom. The monoisotopic (exact) mass is 438 g/mol. The highest BCUT2D eigenvalue weighted by molar-refractivity contribution is 7.15. The second-order valence-corrected chi connectivity index (χ2v) is 9.92. The average Bonchev–Trinajstić information content (AvgIpc) is 3.44. The van der Waals surface area contributed by atoms with Gasteiger partial charge in [-0.1, -0.05) is 13.0 Å². The maximum Gasteiger partial charge on any atom is 0.227 e. The van der Waals surface area contributed by atoms with Gasteiger partial charge in [-0.3, -0.25) is 9.59 Å². The lowest BCUT2D eigenvalue weighted by Crippen LogP contribution is -2.48. The number of nitrogens with zero attached hydrogens (tertiary/aromatic N) is 3. The molecule has 1 N–H and O–H groups in total. The Balaban J connectivity index is 1.20. The second-order valence-electron chi connectivity index (χ2n) is 8.85. The van der Waals surface area contributed by atoms with Crippen LogP contribution in [0.1, 0.15) is 47.9 Å². The molecule has 2 aliphatic carbocycles. The Labute approximate surface area is 187 Å². The van der Waals surface area contributed by atoms with E-state index in [1.807, 2.05) is 17.9 Å². The number of benzene rings is 1. The van der Waals surface area contributed by atoms with Crippen molar-refractivity contribution in [2.75, 3.05) is 36.4 Å². The van der Waals surface area contributed by atoms with Gasteiger partial charge in [0, 0.05) is 49.1 Å². The number of amides is 2. The Kier molecular flexibility index (Phi) is 5.69. The summed E-state index contributed by atoms with van der Waals surface area (Å²) in [5.74, 6) is 0.369. The fourth-order valence-electron chi connectivity index (χ4n) is 4.99. The molecule has 3 aliphatic rings. The Morgan fingerprint density at radius 2 is 1.94 bits per heavy atom. The van der Waals surface area contributed by atoms with Crippen molar-refractivity contribution < 1.29 is 9.59 Å². The van der Waals surface area contributed by atoms with Gasteiger partial charge in [-0.05, 0) is 61.8 Å². The highest BCUT2D eigenvalue weighted by Gasteiger charge is 2.30. The van der Waals surface area contributed by atoms with Gasteiger partial charge in [0.25, 0.3) is 0 Å². The Morgan fingerprint density at radius 1 is 1.13 bits per heavy atom. The Bertz CT molecular complexity index is 993. The van der Waals surface area contributed by atoms with Crippen LogP contribution >= 0.6 is 11.3 Å². The predicted molar refractivity (Wildman–Crippen MR) is 124 cm³/mol. The molecule has 0 spiro atoms. The van der Waals surface area contributed by atoms with Gasteiger partial charge in [-0.2, -0.15) is 0 Å². The standard InChI is InChI=1S/C24H30N4O2S/c1-2-22(29)27-10-12-28(13-11-27)24-26-20-9-7-18(15-21(20)31-24)23(30)25-19-8-6-16-4-3-5-17(16)14-19/h6,8,14,18H,2-5,7,9-13,15H2,1H3,(H,25,30). The van der Waals surface area contributed by atoms with Crippen LogP contribution in [0.25, 0.3) is 0 Å². The molecule has 0 bridgehead atoms. The molecule has 7 heteroatoms. The first-order valence-electron chi connectivity index (χ1n) is 11.5. The molecule has 31 heavy (non-hydrogen) atoms. The van der Waals surface area contributed by atoms with E-state index in [0.717, 1.165) is 74.8 Å². The molecule has 164 valence electrons. The van der Waals surface area contributed by atoms with Crippen molar-refractivity contribution in [1.82, 2.24) is 9.88 Å². The summed E-state index contributed by atoms with van der Waals surface area (Å²) in [6.07, 6.45) is 6.56. The lowest BCUT2D eigenvalue weighted by atomic mass is 9.90. The first-order chi connectivity index (χ1) is 15.1. The zero-order valence-corrected chi connectivity index (χ0v) is 19.0. The average molecular weight is 439 g/mol. The smallest absolute Gasteiger partial charge is 0.227 e. The van der Waals surface area contributed by atoms with Gasteiger partial charge in [0.15, 0.2) is 5.13 Å². The molecule has 2 aromatic rings. The van der Waals surface area contributed by atoms with Crippen LogP contribution in [0, 0.1) is 5.92 Å². The lowest BCUT2D eigenvalue weighted by Gasteiger charge is -2.34. The van der Waals surface area contributed by atoms with Crippen molar-refractivity contribution in [2.24, 2.45) is 5.92 Å². The van der Waals surface area contributed by atoms with Gasteiger partial charge in [-0.25, -0.2) is 4.98 Å². The van der Waals surface area contributed by atoms with Crippen LogP contribution in [0.3, 0.4) is 0 Å². The third-order valence-electron chi connectivity index (χ3n) is 6.87. The number of piperazine rings is 1. The summed E-state index contributed by atoms with van der Waals surface area (Å²) in [5, 5.41) is 4.21. The van der Waals surface area contributed by atoms with E-state index >= 15 is 0 Å². The van der Waals surface area contributed by atoms with E-state index in [1.54, 1.807) is 11.3 Å². The Hall–Kier alpha value is -2.41. The van der Waals surface area contributed by atoms with E-state index in [1.165, 1.54) is 22.4 Å². The topological polar surface area (TPSA) is 65.5 Å². The van der Waals surface area contributed by atoms with Crippen molar-refractivity contribution >= 4 is 34.0 Å². The van der Waals surface area contributed by atoms with E-state index in [9.17, 15) is 9.59 Å². The second kappa shape index (κ2) is 8.61. The van der Waals surface area contributed by atoms with Crippen LogP contribution in [-0.4, -0.2) is 47.9 Å². The lowest BCUT2D eigenvalue weighted by molar-refractivity contribution is -0.131. The van der Waals surface area contributed by atoms with Gasteiger partial charge >= 0.3 is 0 Å². The largest absolute Gasteiger partial charge is 0.345 e. The molecular weight excluding hydrogens is 408 g/mol. The first-order valence-corrected chi connectivity index (χ1v) is 12.4. The molecule has 1 atom stereocenters. The molecule has 1 aromatic heterocycles. The summed E-state index contributed by atoms with van der Waals surface area (Å²) in [4.78, 5) is 35.2. The third kappa shape index (κ3) is 4.20. The summed E-state index contributed by atoms with van der Waals surface area (Å²) >= 11 is 1.73. The highest BCUT2D eigenvalue weighted by Crippen LogP contribution is 2.35. The molecule has 1 unspecified atom stereocenters. The number of anilines is 2.